The Balaban J connectivity index is 1.22. The molecule has 2 aromatic rings. The van der Waals surface area contributed by atoms with Crippen LogP contribution in [0.15, 0.2) is 42.5 Å². The van der Waals surface area contributed by atoms with E-state index in [1.165, 1.54) is 4.90 Å². The lowest BCUT2D eigenvalue weighted by atomic mass is 10.0. The number of ether oxygens (including phenoxy) is 1. The van der Waals surface area contributed by atoms with Crippen molar-refractivity contribution in [2.45, 2.75) is 51.4 Å². The van der Waals surface area contributed by atoms with Gasteiger partial charge < -0.3 is 9.64 Å². The number of likely N-dealkylation sites (tertiary alicyclic amines) is 1. The first kappa shape index (κ1) is 22.3. The minimum atomic E-state index is -0.645. The molecule has 0 bridgehead atoms. The van der Waals surface area contributed by atoms with Gasteiger partial charge in [0.1, 0.15) is 24.2 Å². The average Bonchev–Trinajstić information content (AvgIpc) is 3.15. The SMILES string of the molecule is O=C1CCCN(Cc2ccc(COc3cccc4c3CN(C3CCC(=O)NC3=O)C4=O)cc2)C1. The molecule has 1 unspecified atom stereocenters. The van der Waals surface area contributed by atoms with E-state index in [-0.39, 0.29) is 24.8 Å². The van der Waals surface area contributed by atoms with Crippen LogP contribution in [-0.2, 0) is 34.1 Å². The number of nitrogens with one attached hydrogen (secondary N) is 1. The van der Waals surface area contributed by atoms with E-state index in [2.05, 4.69) is 22.3 Å². The third kappa shape index (κ3) is 4.59. The van der Waals surface area contributed by atoms with Crippen molar-refractivity contribution in [1.82, 2.24) is 15.1 Å². The van der Waals surface area contributed by atoms with Crippen LogP contribution in [0.2, 0.25) is 0 Å². The third-order valence-electron chi connectivity index (χ3n) is 6.69. The fraction of sp³-hybridized carbons (Fsp3) is 0.385. The van der Waals surface area contributed by atoms with Gasteiger partial charge in [0.05, 0.1) is 13.1 Å². The molecule has 3 aliphatic heterocycles. The highest BCUT2D eigenvalue weighted by atomic mass is 16.5. The summed E-state index contributed by atoms with van der Waals surface area (Å²) in [5, 5.41) is 2.32. The van der Waals surface area contributed by atoms with Crippen LogP contribution in [0.3, 0.4) is 0 Å². The van der Waals surface area contributed by atoms with Crippen molar-refractivity contribution in [2.24, 2.45) is 0 Å². The second kappa shape index (κ2) is 9.38. The predicted octanol–water partition coefficient (Wildman–Crippen LogP) is 2.19. The van der Waals surface area contributed by atoms with Crippen molar-refractivity contribution in [3.8, 4) is 5.75 Å². The molecule has 3 heterocycles. The summed E-state index contributed by atoms with van der Waals surface area (Å²) >= 11 is 0. The van der Waals surface area contributed by atoms with Crippen molar-refractivity contribution in [3.05, 3.63) is 64.7 Å². The Kier molecular flexibility index (Phi) is 6.15. The average molecular weight is 462 g/mol. The van der Waals surface area contributed by atoms with Gasteiger partial charge in [0.2, 0.25) is 11.8 Å². The molecule has 1 atom stereocenters. The molecule has 176 valence electrons. The predicted molar refractivity (Wildman–Crippen MR) is 123 cm³/mol. The van der Waals surface area contributed by atoms with Crippen molar-refractivity contribution in [1.29, 1.82) is 0 Å². The first-order chi connectivity index (χ1) is 16.5. The van der Waals surface area contributed by atoms with Gasteiger partial charge in [-0.2, -0.15) is 0 Å². The lowest BCUT2D eigenvalue weighted by Crippen LogP contribution is -2.52. The van der Waals surface area contributed by atoms with Crippen LogP contribution in [0.5, 0.6) is 5.75 Å². The van der Waals surface area contributed by atoms with E-state index < -0.39 is 11.9 Å². The van der Waals surface area contributed by atoms with E-state index in [0.29, 0.717) is 43.1 Å². The zero-order valence-electron chi connectivity index (χ0n) is 18.9. The third-order valence-corrected chi connectivity index (χ3v) is 6.69. The second-order valence-electron chi connectivity index (χ2n) is 9.14. The molecule has 5 rings (SSSR count). The molecule has 8 nitrogen and oxygen atoms in total. The molecule has 1 N–H and O–H groups in total. The number of imide groups is 1. The van der Waals surface area contributed by atoms with E-state index in [1.807, 2.05) is 18.2 Å². The number of Topliss-reactive ketones (excluding diaryl/α,β-unsaturated/α-hetero) is 1. The quantitative estimate of drug-likeness (QED) is 0.663. The molecule has 0 radical (unpaired) electrons. The van der Waals surface area contributed by atoms with Crippen LogP contribution >= 0.6 is 0 Å². The number of rotatable bonds is 6. The highest BCUT2D eigenvalue weighted by Gasteiger charge is 2.40. The van der Waals surface area contributed by atoms with Crippen LogP contribution in [-0.4, -0.2) is 52.4 Å². The van der Waals surface area contributed by atoms with Gasteiger partial charge in [0, 0.05) is 30.5 Å². The van der Waals surface area contributed by atoms with Gasteiger partial charge in [-0.1, -0.05) is 30.3 Å². The monoisotopic (exact) mass is 461 g/mol. The zero-order chi connectivity index (χ0) is 23.7. The summed E-state index contributed by atoms with van der Waals surface area (Å²) in [6.07, 6.45) is 2.17. The number of carbonyl (C=O) groups is 4. The maximum Gasteiger partial charge on any atom is 0.255 e. The van der Waals surface area contributed by atoms with Gasteiger partial charge >= 0.3 is 0 Å². The largest absolute Gasteiger partial charge is 0.489 e. The Morgan fingerprint density at radius 1 is 0.941 bits per heavy atom. The van der Waals surface area contributed by atoms with Crippen LogP contribution in [0, 0.1) is 0 Å². The summed E-state index contributed by atoms with van der Waals surface area (Å²) in [4.78, 5) is 52.1. The van der Waals surface area contributed by atoms with Gasteiger partial charge in [-0.15, -0.1) is 0 Å². The molecule has 0 aliphatic carbocycles. The molecular formula is C26H27N3O5. The normalized spacial score (nSPS) is 20.9. The molecule has 8 heteroatoms. The zero-order valence-corrected chi connectivity index (χ0v) is 18.9. The molecule has 2 saturated heterocycles. The molecular weight excluding hydrogens is 434 g/mol. The molecule has 3 amide bonds. The Hall–Kier alpha value is -3.52. The van der Waals surface area contributed by atoms with Crippen LogP contribution in [0.25, 0.3) is 0 Å². The molecule has 2 aromatic carbocycles. The highest BCUT2D eigenvalue weighted by molar-refractivity contribution is 6.05. The van der Waals surface area contributed by atoms with E-state index >= 15 is 0 Å². The minimum Gasteiger partial charge on any atom is -0.489 e. The highest BCUT2D eigenvalue weighted by Crippen LogP contribution is 2.34. The van der Waals surface area contributed by atoms with Crippen molar-refractivity contribution in [2.75, 3.05) is 13.1 Å². The number of nitrogens with zero attached hydrogens (tertiary/aromatic N) is 2. The van der Waals surface area contributed by atoms with Crippen molar-refractivity contribution >= 4 is 23.5 Å². The minimum absolute atomic E-state index is 0.213. The molecule has 0 saturated carbocycles. The Labute approximate surface area is 197 Å². The van der Waals surface area contributed by atoms with Crippen LogP contribution in [0.4, 0.5) is 0 Å². The van der Waals surface area contributed by atoms with E-state index in [0.717, 1.165) is 36.2 Å². The second-order valence-corrected chi connectivity index (χ2v) is 9.14. The summed E-state index contributed by atoms with van der Waals surface area (Å²) < 4.78 is 6.08. The summed E-state index contributed by atoms with van der Waals surface area (Å²) in [5.74, 6) is -0.00730. The number of ketones is 1. The summed E-state index contributed by atoms with van der Waals surface area (Å²) in [6.45, 7) is 2.87. The number of carbonyl (C=O) groups excluding carboxylic acids is 4. The molecule has 0 aromatic heterocycles. The van der Waals surface area contributed by atoms with Gasteiger partial charge in [0.15, 0.2) is 0 Å². The van der Waals surface area contributed by atoms with Gasteiger partial charge in [-0.05, 0) is 42.6 Å². The van der Waals surface area contributed by atoms with E-state index in [9.17, 15) is 19.2 Å². The number of amides is 3. The fourth-order valence-corrected chi connectivity index (χ4v) is 4.89. The molecule has 34 heavy (non-hydrogen) atoms. The first-order valence-electron chi connectivity index (χ1n) is 11.7. The van der Waals surface area contributed by atoms with E-state index in [1.54, 1.807) is 12.1 Å². The lowest BCUT2D eigenvalue weighted by molar-refractivity contribution is -0.137. The maximum atomic E-state index is 13.0. The standard InChI is InChI=1S/C26H27N3O5/c30-19-3-2-12-28(14-19)13-17-6-8-18(9-7-17)16-34-23-5-1-4-20-21(23)15-29(26(20)33)22-10-11-24(31)27-25(22)32/h1,4-9,22H,2-3,10-16H2,(H,27,31,32). The molecule has 0 spiro atoms. The number of piperidine rings is 2. The number of hydrogen-bond acceptors (Lipinski definition) is 6. The maximum absolute atomic E-state index is 13.0. The van der Waals surface area contributed by atoms with Crippen LogP contribution < -0.4 is 10.1 Å². The Morgan fingerprint density at radius 3 is 2.50 bits per heavy atom. The first-order valence-corrected chi connectivity index (χ1v) is 11.7. The number of fused-ring (bicyclic) bond motifs is 1. The molecule has 3 aliphatic rings. The van der Waals surface area contributed by atoms with Crippen molar-refractivity contribution < 1.29 is 23.9 Å². The molecule has 2 fully saturated rings. The van der Waals surface area contributed by atoms with Gasteiger partial charge in [-0.3, -0.25) is 29.4 Å². The van der Waals surface area contributed by atoms with E-state index in [4.69, 9.17) is 4.74 Å². The van der Waals surface area contributed by atoms with Gasteiger partial charge in [0.25, 0.3) is 5.91 Å². The lowest BCUT2D eigenvalue weighted by Gasteiger charge is -2.29. The number of hydrogen-bond donors (Lipinski definition) is 1. The smallest absolute Gasteiger partial charge is 0.255 e. The summed E-state index contributed by atoms with van der Waals surface area (Å²) in [6, 6.07) is 12.9. The fourth-order valence-electron chi connectivity index (χ4n) is 4.89. The Bertz CT molecular complexity index is 1140. The topological polar surface area (TPSA) is 96.0 Å². The Morgan fingerprint density at radius 2 is 1.74 bits per heavy atom. The summed E-state index contributed by atoms with van der Waals surface area (Å²) in [7, 11) is 0. The van der Waals surface area contributed by atoms with Crippen molar-refractivity contribution in [3.63, 3.8) is 0 Å². The van der Waals surface area contributed by atoms with Crippen LogP contribution in [0.1, 0.15) is 52.7 Å². The number of benzene rings is 2. The van der Waals surface area contributed by atoms with Gasteiger partial charge in [-0.25, -0.2) is 0 Å². The summed E-state index contributed by atoms with van der Waals surface area (Å²) in [5.41, 5.74) is 3.46.